The van der Waals surface area contributed by atoms with Crippen LogP contribution in [-0.2, 0) is 19.1 Å². The van der Waals surface area contributed by atoms with Gasteiger partial charge >= 0.3 is 0 Å². The van der Waals surface area contributed by atoms with Gasteiger partial charge in [0, 0.05) is 24.8 Å². The van der Waals surface area contributed by atoms with Crippen molar-refractivity contribution in [3.8, 4) is 0 Å². The lowest BCUT2D eigenvalue weighted by Crippen LogP contribution is -2.58. The van der Waals surface area contributed by atoms with Crippen LogP contribution in [0.2, 0.25) is 0 Å². The largest absolute Gasteiger partial charge is 0.359 e. The molecule has 3 heterocycles. The second-order valence-electron chi connectivity index (χ2n) is 12.9. The molecule has 0 aromatic heterocycles. The van der Waals surface area contributed by atoms with Gasteiger partial charge in [-0.15, -0.1) is 0 Å². The predicted octanol–water partition coefficient (Wildman–Crippen LogP) is 4.18. The molecular formula is C33H48N4O4. The molecule has 3 fully saturated rings. The van der Waals surface area contributed by atoms with E-state index in [9.17, 15) is 14.4 Å². The van der Waals surface area contributed by atoms with E-state index in [4.69, 9.17) is 4.74 Å². The van der Waals surface area contributed by atoms with Crippen molar-refractivity contribution < 1.29 is 19.1 Å². The number of nitrogens with zero attached hydrogens (tertiary/aromatic N) is 2. The lowest BCUT2D eigenvalue weighted by atomic mass is 9.73. The summed E-state index contributed by atoms with van der Waals surface area (Å²) >= 11 is 0. The number of ether oxygens (including phenoxy) is 1. The number of fused-ring (bicyclic) bond motifs is 1. The van der Waals surface area contributed by atoms with Crippen molar-refractivity contribution in [2.24, 2.45) is 23.7 Å². The van der Waals surface area contributed by atoms with E-state index >= 15 is 0 Å². The molecule has 3 amide bonds. The number of hydrogen-bond donors (Lipinski definition) is 2. The standard InChI is InChI=1S/C33H48N4O4/c1-7-36(8-2)18-19-37-29(31(39)35-25-11-9-10-21(5)22(25)6)33-17-16-26(41-33)27(28(33)32(37)40)30(38)34-24-14-12-23(13-15-24)20(3)4/h12-17,20-22,25-29H,7-11,18-19H2,1-6H3,(H,34,38)(H,35,39)/t21-,22-,25+,26+,27+,28+,29-,33-/m0/s1. The molecular weight excluding hydrogens is 516 g/mol. The Morgan fingerprint density at radius 2 is 1.80 bits per heavy atom. The van der Waals surface area contributed by atoms with Crippen LogP contribution >= 0.6 is 0 Å². The number of amides is 3. The SMILES string of the molecule is CCN(CC)CCN1C(=O)[C@H]2[C@H](C(=O)Nc3ccc(C(C)C)cc3)[C@H]3C=C[C@@]2(O3)[C@@H]1C(=O)N[C@@H]1CCC[C@H](C)[C@@H]1C. The van der Waals surface area contributed by atoms with Gasteiger partial charge in [0.25, 0.3) is 0 Å². The summed E-state index contributed by atoms with van der Waals surface area (Å²) in [5.41, 5.74) is 0.750. The molecule has 8 atom stereocenters. The van der Waals surface area contributed by atoms with Gasteiger partial charge in [-0.3, -0.25) is 14.4 Å². The average Bonchev–Trinajstić information content (AvgIpc) is 3.59. The number of nitrogens with one attached hydrogen (secondary N) is 2. The molecule has 1 aromatic carbocycles. The van der Waals surface area contributed by atoms with E-state index in [0.29, 0.717) is 36.5 Å². The van der Waals surface area contributed by atoms with Gasteiger partial charge in [-0.1, -0.05) is 78.7 Å². The van der Waals surface area contributed by atoms with E-state index in [2.05, 4.69) is 57.1 Å². The van der Waals surface area contributed by atoms with E-state index in [1.165, 1.54) is 12.0 Å². The van der Waals surface area contributed by atoms with Crippen LogP contribution in [-0.4, -0.2) is 77.5 Å². The van der Waals surface area contributed by atoms with Gasteiger partial charge in [0.15, 0.2) is 0 Å². The van der Waals surface area contributed by atoms with Crippen LogP contribution in [0.4, 0.5) is 5.69 Å². The maximum absolute atomic E-state index is 14.2. The van der Waals surface area contributed by atoms with Crippen molar-refractivity contribution in [1.29, 1.82) is 0 Å². The van der Waals surface area contributed by atoms with Crippen LogP contribution in [0, 0.1) is 23.7 Å². The Labute approximate surface area is 245 Å². The Morgan fingerprint density at radius 1 is 1.10 bits per heavy atom. The molecule has 2 N–H and O–H groups in total. The highest BCUT2D eigenvalue weighted by atomic mass is 16.5. The van der Waals surface area contributed by atoms with Crippen molar-refractivity contribution in [1.82, 2.24) is 15.1 Å². The summed E-state index contributed by atoms with van der Waals surface area (Å²) < 4.78 is 6.53. The van der Waals surface area contributed by atoms with Crippen LogP contribution in [0.1, 0.15) is 72.3 Å². The molecule has 2 bridgehead atoms. The van der Waals surface area contributed by atoms with Crippen LogP contribution < -0.4 is 10.6 Å². The summed E-state index contributed by atoms with van der Waals surface area (Å²) in [4.78, 5) is 46.1. The third kappa shape index (κ3) is 5.34. The lowest BCUT2D eigenvalue weighted by Gasteiger charge is -2.38. The number of carbonyl (C=O) groups excluding carboxylic acids is 3. The number of likely N-dealkylation sites (tertiary alicyclic amines) is 1. The minimum absolute atomic E-state index is 0.0666. The molecule has 1 aromatic rings. The molecule has 1 spiro atoms. The molecule has 3 aliphatic heterocycles. The fourth-order valence-electron chi connectivity index (χ4n) is 7.52. The first-order chi connectivity index (χ1) is 19.6. The Morgan fingerprint density at radius 3 is 2.46 bits per heavy atom. The number of rotatable bonds is 10. The Balaban J connectivity index is 1.41. The first-order valence-corrected chi connectivity index (χ1v) is 15.7. The van der Waals surface area contributed by atoms with Crippen molar-refractivity contribution in [3.63, 3.8) is 0 Å². The van der Waals surface area contributed by atoms with Gasteiger partial charge in [-0.25, -0.2) is 0 Å². The summed E-state index contributed by atoms with van der Waals surface area (Å²) in [6.07, 6.45) is 6.44. The molecule has 0 radical (unpaired) electrons. The highest BCUT2D eigenvalue weighted by Gasteiger charge is 2.72. The zero-order valence-corrected chi connectivity index (χ0v) is 25.6. The topological polar surface area (TPSA) is 91.0 Å². The minimum atomic E-state index is -1.14. The maximum Gasteiger partial charge on any atom is 0.246 e. The fourth-order valence-corrected chi connectivity index (χ4v) is 7.52. The first-order valence-electron chi connectivity index (χ1n) is 15.7. The van der Waals surface area contributed by atoms with E-state index < -0.39 is 29.6 Å². The fraction of sp³-hybridized carbons (Fsp3) is 0.667. The summed E-state index contributed by atoms with van der Waals surface area (Å²) in [7, 11) is 0. The van der Waals surface area contributed by atoms with Gasteiger partial charge < -0.3 is 25.2 Å². The number of benzene rings is 1. The zero-order valence-electron chi connectivity index (χ0n) is 25.6. The van der Waals surface area contributed by atoms with E-state index in [1.54, 1.807) is 4.90 Å². The van der Waals surface area contributed by atoms with Crippen molar-refractivity contribution in [2.75, 3.05) is 31.5 Å². The van der Waals surface area contributed by atoms with Crippen LogP contribution in [0.5, 0.6) is 0 Å². The Kier molecular flexibility index (Phi) is 8.63. The van der Waals surface area contributed by atoms with Gasteiger partial charge in [0.05, 0.1) is 17.9 Å². The quantitative estimate of drug-likeness (QED) is 0.416. The second kappa shape index (κ2) is 11.9. The van der Waals surface area contributed by atoms with Crippen LogP contribution in [0.25, 0.3) is 0 Å². The molecule has 4 aliphatic rings. The van der Waals surface area contributed by atoms with Crippen LogP contribution in [0.15, 0.2) is 36.4 Å². The van der Waals surface area contributed by atoms with E-state index in [1.807, 2.05) is 36.4 Å². The summed E-state index contributed by atoms with van der Waals surface area (Å²) in [6.45, 7) is 15.7. The summed E-state index contributed by atoms with van der Waals surface area (Å²) in [6, 6.07) is 7.11. The number of anilines is 1. The highest BCUT2D eigenvalue weighted by molar-refractivity contribution is 6.02. The third-order valence-corrected chi connectivity index (χ3v) is 10.4. The van der Waals surface area contributed by atoms with E-state index in [0.717, 1.165) is 25.9 Å². The molecule has 41 heavy (non-hydrogen) atoms. The highest BCUT2D eigenvalue weighted by Crippen LogP contribution is 2.55. The molecule has 8 heteroatoms. The van der Waals surface area contributed by atoms with Gasteiger partial charge in [0.2, 0.25) is 17.7 Å². The zero-order chi connectivity index (χ0) is 29.5. The number of hydrogen-bond acceptors (Lipinski definition) is 5. The van der Waals surface area contributed by atoms with Gasteiger partial charge in [-0.2, -0.15) is 0 Å². The molecule has 5 rings (SSSR count). The lowest BCUT2D eigenvalue weighted by molar-refractivity contribution is -0.141. The predicted molar refractivity (Wildman–Crippen MR) is 160 cm³/mol. The van der Waals surface area contributed by atoms with Crippen LogP contribution in [0.3, 0.4) is 0 Å². The smallest absolute Gasteiger partial charge is 0.246 e. The summed E-state index contributed by atoms with van der Waals surface area (Å²) in [5, 5.41) is 6.37. The van der Waals surface area contributed by atoms with Crippen molar-refractivity contribution >= 4 is 23.4 Å². The maximum atomic E-state index is 14.2. The summed E-state index contributed by atoms with van der Waals surface area (Å²) in [5.74, 6) is -0.709. The normalized spacial score (nSPS) is 34.0. The van der Waals surface area contributed by atoms with Gasteiger partial charge in [-0.05, 0) is 55.0 Å². The monoisotopic (exact) mass is 564 g/mol. The van der Waals surface area contributed by atoms with Gasteiger partial charge in [0.1, 0.15) is 11.6 Å². The molecule has 8 nitrogen and oxygen atoms in total. The molecule has 0 unspecified atom stereocenters. The second-order valence-corrected chi connectivity index (χ2v) is 12.9. The minimum Gasteiger partial charge on any atom is -0.359 e. The average molecular weight is 565 g/mol. The van der Waals surface area contributed by atoms with Crippen molar-refractivity contribution in [3.05, 3.63) is 42.0 Å². The molecule has 1 aliphatic carbocycles. The van der Waals surface area contributed by atoms with E-state index in [-0.39, 0.29) is 23.8 Å². The number of carbonyl (C=O) groups is 3. The molecule has 2 saturated heterocycles. The van der Waals surface area contributed by atoms with Crippen molar-refractivity contribution in [2.45, 2.75) is 90.5 Å². The Bertz CT molecular complexity index is 1160. The third-order valence-electron chi connectivity index (χ3n) is 10.4. The first kappa shape index (κ1) is 29.8. The number of likely N-dealkylation sites (N-methyl/N-ethyl adjacent to an activating group) is 1. The Hall–Kier alpha value is -2.71. The molecule has 224 valence electrons. The molecule has 1 saturated carbocycles.